The molecule has 1 unspecified atom stereocenters. The zero-order chi connectivity index (χ0) is 17.4. The van der Waals surface area contributed by atoms with Crippen LogP contribution in [-0.2, 0) is 27.7 Å². The van der Waals surface area contributed by atoms with Gasteiger partial charge in [-0.3, -0.25) is 0 Å². The molecule has 2 rings (SSSR count). The number of esters is 1. The maximum Gasteiger partial charge on any atom is 0.416 e. The summed E-state index contributed by atoms with van der Waals surface area (Å²) in [4.78, 5) is 12.1. The molecule has 0 aliphatic heterocycles. The Labute approximate surface area is 134 Å². The minimum Gasteiger partial charge on any atom is -0.451 e. The Bertz CT molecular complexity index is 632. The van der Waals surface area contributed by atoms with E-state index in [1.807, 2.05) is 0 Å². The molecule has 0 bridgehead atoms. The molecule has 0 spiro atoms. The van der Waals surface area contributed by atoms with Gasteiger partial charge in [0, 0.05) is 11.1 Å². The summed E-state index contributed by atoms with van der Waals surface area (Å²) >= 11 is 0. The number of aryl methyl sites for hydroxylation is 1. The summed E-state index contributed by atoms with van der Waals surface area (Å²) in [6.45, 7) is 8.61. The number of hydrogen-bond donors (Lipinski definition) is 0. The van der Waals surface area contributed by atoms with Crippen molar-refractivity contribution in [1.82, 2.24) is 0 Å². The number of halogens is 3. The molecule has 1 aliphatic carbocycles. The summed E-state index contributed by atoms with van der Waals surface area (Å²) in [5, 5.41) is 0. The van der Waals surface area contributed by atoms with E-state index in [-0.39, 0.29) is 17.1 Å². The van der Waals surface area contributed by atoms with E-state index in [0.717, 1.165) is 6.07 Å². The van der Waals surface area contributed by atoms with Crippen LogP contribution < -0.4 is 0 Å². The van der Waals surface area contributed by atoms with Crippen LogP contribution in [0.5, 0.6) is 0 Å². The second-order valence-electron chi connectivity index (χ2n) is 6.41. The van der Waals surface area contributed by atoms with Crippen molar-refractivity contribution in [3.05, 3.63) is 47.0 Å². The van der Waals surface area contributed by atoms with E-state index in [2.05, 4.69) is 6.58 Å². The van der Waals surface area contributed by atoms with Crippen LogP contribution in [0.25, 0.3) is 0 Å². The largest absolute Gasteiger partial charge is 0.451 e. The zero-order valence-corrected chi connectivity index (χ0v) is 13.6. The fraction of sp³-hybridized carbons (Fsp3) is 0.500. The van der Waals surface area contributed by atoms with Crippen LogP contribution in [-0.4, -0.2) is 5.97 Å². The minimum atomic E-state index is -4.49. The maximum atomic E-state index is 13.5. The normalized spacial score (nSPS) is 21.0. The lowest BCUT2D eigenvalue weighted by molar-refractivity contribution is -0.168. The summed E-state index contributed by atoms with van der Waals surface area (Å²) in [6.07, 6.45) is -2.88. The number of alkyl halides is 3. The van der Waals surface area contributed by atoms with Gasteiger partial charge in [-0.15, -0.1) is 0 Å². The van der Waals surface area contributed by atoms with Crippen molar-refractivity contribution >= 4 is 5.97 Å². The first-order valence-electron chi connectivity index (χ1n) is 7.68. The van der Waals surface area contributed by atoms with Crippen LogP contribution in [0.3, 0.4) is 0 Å². The monoisotopic (exact) mass is 326 g/mol. The zero-order valence-electron chi connectivity index (χ0n) is 13.6. The van der Waals surface area contributed by atoms with Gasteiger partial charge in [0.1, 0.15) is 5.60 Å². The Morgan fingerprint density at radius 2 is 2.00 bits per heavy atom. The van der Waals surface area contributed by atoms with Crippen LogP contribution in [0.2, 0.25) is 0 Å². The molecule has 1 aromatic rings. The lowest BCUT2D eigenvalue weighted by Crippen LogP contribution is -2.42. The highest BCUT2D eigenvalue weighted by molar-refractivity contribution is 5.87. The third kappa shape index (κ3) is 3.14. The predicted molar refractivity (Wildman–Crippen MR) is 81.8 cm³/mol. The van der Waals surface area contributed by atoms with Gasteiger partial charge in [-0.05, 0) is 43.7 Å². The summed E-state index contributed by atoms with van der Waals surface area (Å²) in [5.41, 5.74) is -1.08. The van der Waals surface area contributed by atoms with Crippen LogP contribution >= 0.6 is 0 Å². The first-order chi connectivity index (χ1) is 10.6. The topological polar surface area (TPSA) is 26.3 Å². The maximum absolute atomic E-state index is 13.5. The molecule has 1 aromatic carbocycles. The first-order valence-corrected chi connectivity index (χ1v) is 7.68. The van der Waals surface area contributed by atoms with Crippen LogP contribution in [0.1, 0.15) is 50.3 Å². The van der Waals surface area contributed by atoms with E-state index in [0.29, 0.717) is 24.8 Å². The Hall–Kier alpha value is -1.78. The molecule has 5 heteroatoms. The molecule has 0 saturated carbocycles. The molecule has 1 aliphatic rings. The van der Waals surface area contributed by atoms with E-state index in [1.165, 1.54) is 13.0 Å². The van der Waals surface area contributed by atoms with Gasteiger partial charge in [0.05, 0.1) is 5.56 Å². The molecular formula is C18H21F3O2. The van der Waals surface area contributed by atoms with Crippen molar-refractivity contribution in [2.75, 3.05) is 0 Å². The lowest BCUT2D eigenvalue weighted by Gasteiger charge is -2.43. The third-order valence-electron chi connectivity index (χ3n) is 4.43. The highest BCUT2D eigenvalue weighted by atomic mass is 19.4. The fourth-order valence-corrected chi connectivity index (χ4v) is 3.26. The predicted octanol–water partition coefficient (Wildman–Crippen LogP) is 5.01. The molecule has 1 atom stereocenters. The Morgan fingerprint density at radius 1 is 1.35 bits per heavy atom. The summed E-state index contributed by atoms with van der Waals surface area (Å²) in [6, 6.07) is 4.17. The minimum absolute atomic E-state index is 0.114. The van der Waals surface area contributed by atoms with Crippen molar-refractivity contribution in [1.29, 1.82) is 0 Å². The van der Waals surface area contributed by atoms with Gasteiger partial charge in [0.2, 0.25) is 0 Å². The number of rotatable bonds is 3. The van der Waals surface area contributed by atoms with Crippen molar-refractivity contribution in [3.63, 3.8) is 0 Å². The van der Waals surface area contributed by atoms with Gasteiger partial charge in [-0.25, -0.2) is 4.79 Å². The molecule has 126 valence electrons. The van der Waals surface area contributed by atoms with E-state index in [1.54, 1.807) is 19.9 Å². The molecule has 23 heavy (non-hydrogen) atoms. The number of fused-ring (bicyclic) bond motifs is 1. The van der Waals surface area contributed by atoms with Crippen molar-refractivity contribution in [2.45, 2.75) is 51.8 Å². The first kappa shape index (κ1) is 17.6. The summed E-state index contributed by atoms with van der Waals surface area (Å²) in [7, 11) is 0. The number of ether oxygens (including phenoxy) is 1. The number of carbonyl (C=O) groups excluding carboxylic acids is 1. The number of carbonyl (C=O) groups is 1. The Kier molecular flexibility index (Phi) is 4.60. The Balaban J connectivity index is 2.69. The van der Waals surface area contributed by atoms with Gasteiger partial charge in [0.25, 0.3) is 0 Å². The smallest absolute Gasteiger partial charge is 0.416 e. The summed E-state index contributed by atoms with van der Waals surface area (Å²) < 4.78 is 46.2. The standard InChI is InChI=1S/C18H21F3O2/c1-11(2)16(22)23-17(12(3)4)10-6-8-13-7-5-9-14(15(13)17)18(19,20)21/h5,7,9,12H,1,6,8,10H2,2-4H3. The van der Waals surface area contributed by atoms with Crippen molar-refractivity contribution < 1.29 is 22.7 Å². The second kappa shape index (κ2) is 6.02. The lowest BCUT2D eigenvalue weighted by atomic mass is 9.70. The van der Waals surface area contributed by atoms with E-state index in [4.69, 9.17) is 4.74 Å². The third-order valence-corrected chi connectivity index (χ3v) is 4.43. The molecular weight excluding hydrogens is 305 g/mol. The number of hydrogen-bond acceptors (Lipinski definition) is 2. The van der Waals surface area contributed by atoms with Crippen molar-refractivity contribution in [2.24, 2.45) is 5.92 Å². The molecule has 0 heterocycles. The molecule has 2 nitrogen and oxygen atoms in total. The molecule has 0 radical (unpaired) electrons. The van der Waals surface area contributed by atoms with Crippen molar-refractivity contribution in [3.8, 4) is 0 Å². The van der Waals surface area contributed by atoms with E-state index >= 15 is 0 Å². The fourth-order valence-electron chi connectivity index (χ4n) is 3.26. The van der Waals surface area contributed by atoms with Crippen LogP contribution in [0, 0.1) is 5.92 Å². The van der Waals surface area contributed by atoms with Crippen LogP contribution in [0.4, 0.5) is 13.2 Å². The van der Waals surface area contributed by atoms with E-state index < -0.39 is 23.3 Å². The molecule has 0 saturated heterocycles. The average molecular weight is 326 g/mol. The quantitative estimate of drug-likeness (QED) is 0.576. The molecule has 0 amide bonds. The second-order valence-corrected chi connectivity index (χ2v) is 6.41. The van der Waals surface area contributed by atoms with Gasteiger partial charge < -0.3 is 4.74 Å². The van der Waals surface area contributed by atoms with Gasteiger partial charge in [-0.1, -0.05) is 32.6 Å². The highest BCUT2D eigenvalue weighted by Gasteiger charge is 2.49. The average Bonchev–Trinajstić information content (AvgIpc) is 2.45. The highest BCUT2D eigenvalue weighted by Crippen LogP contribution is 2.49. The SMILES string of the molecule is C=C(C)C(=O)OC1(C(C)C)CCCc2cccc(C(F)(F)F)c21. The molecule has 0 fully saturated rings. The van der Waals surface area contributed by atoms with Gasteiger partial charge >= 0.3 is 12.1 Å². The summed E-state index contributed by atoms with van der Waals surface area (Å²) in [5.74, 6) is -0.933. The van der Waals surface area contributed by atoms with Gasteiger partial charge in [0.15, 0.2) is 0 Å². The Morgan fingerprint density at radius 3 is 2.52 bits per heavy atom. The van der Waals surface area contributed by atoms with E-state index in [9.17, 15) is 18.0 Å². The number of benzene rings is 1. The van der Waals surface area contributed by atoms with Gasteiger partial charge in [-0.2, -0.15) is 13.2 Å². The molecule has 0 aromatic heterocycles. The van der Waals surface area contributed by atoms with Crippen LogP contribution in [0.15, 0.2) is 30.4 Å². The molecule has 0 N–H and O–H groups in total.